The molecular formula is C15H22BrNO2. The summed E-state index contributed by atoms with van der Waals surface area (Å²) in [5.41, 5.74) is 0.775. The summed E-state index contributed by atoms with van der Waals surface area (Å²) in [5, 5.41) is 3.33. The molecule has 19 heavy (non-hydrogen) atoms. The lowest BCUT2D eigenvalue weighted by Gasteiger charge is -2.20. The fourth-order valence-electron chi connectivity index (χ4n) is 1.72. The van der Waals surface area contributed by atoms with Gasteiger partial charge in [-0.1, -0.05) is 34.1 Å². The Bertz CT molecular complexity index is 426. The number of carbonyl (C=O) groups excluding carboxylic acids is 1. The maximum absolute atomic E-state index is 11.6. The first-order valence-corrected chi connectivity index (χ1v) is 7.28. The maximum atomic E-state index is 11.6. The van der Waals surface area contributed by atoms with E-state index in [4.69, 9.17) is 4.74 Å². The van der Waals surface area contributed by atoms with Crippen molar-refractivity contribution < 1.29 is 9.53 Å². The molecule has 0 spiro atoms. The molecule has 0 aromatic heterocycles. The fraction of sp³-hybridized carbons (Fsp3) is 0.533. The van der Waals surface area contributed by atoms with Crippen molar-refractivity contribution >= 4 is 21.9 Å². The van der Waals surface area contributed by atoms with E-state index in [1.54, 1.807) is 0 Å². The zero-order valence-corrected chi connectivity index (χ0v) is 13.6. The van der Waals surface area contributed by atoms with Crippen LogP contribution < -0.4 is 5.32 Å². The minimum absolute atomic E-state index is 0.167. The first kappa shape index (κ1) is 16.2. The van der Waals surface area contributed by atoms with Gasteiger partial charge >= 0.3 is 5.97 Å². The van der Waals surface area contributed by atoms with Crippen LogP contribution in [0.4, 0.5) is 0 Å². The van der Waals surface area contributed by atoms with Crippen LogP contribution in [0.5, 0.6) is 0 Å². The summed E-state index contributed by atoms with van der Waals surface area (Å²) >= 11 is 3.53. The molecule has 0 aliphatic rings. The Morgan fingerprint density at radius 1 is 1.37 bits per heavy atom. The predicted molar refractivity (Wildman–Crippen MR) is 81.0 cm³/mol. The third-order valence-electron chi connectivity index (χ3n) is 2.57. The van der Waals surface area contributed by atoms with Gasteiger partial charge in [-0.05, 0) is 39.3 Å². The monoisotopic (exact) mass is 327 g/mol. The van der Waals surface area contributed by atoms with Gasteiger partial charge in [0.25, 0.3) is 0 Å². The molecule has 0 bridgehead atoms. The second kappa shape index (κ2) is 7.06. The van der Waals surface area contributed by atoms with Gasteiger partial charge in [0.2, 0.25) is 0 Å². The highest BCUT2D eigenvalue weighted by Crippen LogP contribution is 2.22. The quantitative estimate of drug-likeness (QED) is 0.835. The highest BCUT2D eigenvalue weighted by Gasteiger charge is 2.16. The maximum Gasteiger partial charge on any atom is 0.307 e. The Morgan fingerprint density at radius 2 is 2.00 bits per heavy atom. The van der Waals surface area contributed by atoms with Crippen LogP contribution in [0.25, 0.3) is 0 Å². The third kappa shape index (κ3) is 6.21. The first-order chi connectivity index (χ1) is 8.79. The molecule has 0 saturated carbocycles. The van der Waals surface area contributed by atoms with Crippen molar-refractivity contribution in [2.75, 3.05) is 6.54 Å². The molecule has 1 atom stereocenters. The molecule has 106 valence electrons. The van der Waals surface area contributed by atoms with E-state index < -0.39 is 5.60 Å². The van der Waals surface area contributed by atoms with E-state index in [1.165, 1.54) is 5.56 Å². The molecular weight excluding hydrogens is 306 g/mol. The molecule has 3 nitrogen and oxygen atoms in total. The second-order valence-electron chi connectivity index (χ2n) is 5.53. The first-order valence-electron chi connectivity index (χ1n) is 6.49. The molecule has 0 unspecified atom stereocenters. The highest BCUT2D eigenvalue weighted by atomic mass is 79.9. The van der Waals surface area contributed by atoms with E-state index in [0.717, 1.165) is 4.47 Å². The van der Waals surface area contributed by atoms with E-state index in [1.807, 2.05) is 39.0 Å². The van der Waals surface area contributed by atoms with Crippen molar-refractivity contribution in [1.29, 1.82) is 0 Å². The topological polar surface area (TPSA) is 38.3 Å². The summed E-state index contributed by atoms with van der Waals surface area (Å²) in [7, 11) is 0. The molecule has 4 heteroatoms. The van der Waals surface area contributed by atoms with Gasteiger partial charge in [-0.3, -0.25) is 4.79 Å². The molecule has 0 fully saturated rings. The lowest BCUT2D eigenvalue weighted by atomic mass is 10.1. The number of carbonyl (C=O) groups is 1. The molecule has 0 aliphatic carbocycles. The van der Waals surface area contributed by atoms with Crippen LogP contribution in [-0.2, 0) is 9.53 Å². The third-order valence-corrected chi connectivity index (χ3v) is 3.29. The summed E-state index contributed by atoms with van der Waals surface area (Å²) in [6.45, 7) is 8.32. The molecule has 1 rings (SSSR count). The van der Waals surface area contributed by atoms with Crippen LogP contribution in [-0.4, -0.2) is 18.1 Å². The minimum atomic E-state index is -0.412. The van der Waals surface area contributed by atoms with Crippen molar-refractivity contribution in [1.82, 2.24) is 5.32 Å². The van der Waals surface area contributed by atoms with Crippen molar-refractivity contribution in [3.05, 3.63) is 34.3 Å². The summed E-state index contributed by atoms with van der Waals surface area (Å²) in [6, 6.07) is 8.27. The summed E-state index contributed by atoms with van der Waals surface area (Å²) in [6.07, 6.45) is 0.381. The molecule has 1 aromatic rings. The molecule has 1 aromatic carbocycles. The van der Waals surface area contributed by atoms with Crippen LogP contribution in [0.1, 0.15) is 45.7 Å². The minimum Gasteiger partial charge on any atom is -0.460 e. The van der Waals surface area contributed by atoms with Crippen molar-refractivity contribution in [2.45, 2.75) is 45.8 Å². The van der Waals surface area contributed by atoms with Gasteiger partial charge in [0.05, 0.1) is 6.42 Å². The van der Waals surface area contributed by atoms with Crippen molar-refractivity contribution in [3.63, 3.8) is 0 Å². The van der Waals surface area contributed by atoms with Crippen LogP contribution >= 0.6 is 15.9 Å². The summed E-state index contributed by atoms with van der Waals surface area (Å²) in [5.74, 6) is -0.167. The van der Waals surface area contributed by atoms with Gasteiger partial charge in [-0.2, -0.15) is 0 Å². The van der Waals surface area contributed by atoms with Crippen LogP contribution in [0.15, 0.2) is 28.7 Å². The number of esters is 1. The number of halogens is 1. The van der Waals surface area contributed by atoms with Crippen molar-refractivity contribution in [3.8, 4) is 0 Å². The second-order valence-corrected chi connectivity index (χ2v) is 6.39. The van der Waals surface area contributed by atoms with E-state index >= 15 is 0 Å². The van der Waals surface area contributed by atoms with E-state index in [-0.39, 0.29) is 12.0 Å². The molecule has 0 radical (unpaired) electrons. The Hall–Kier alpha value is -0.870. The lowest BCUT2D eigenvalue weighted by Crippen LogP contribution is -2.27. The average molecular weight is 328 g/mol. The van der Waals surface area contributed by atoms with E-state index in [0.29, 0.717) is 13.0 Å². The average Bonchev–Trinajstić information content (AvgIpc) is 2.26. The predicted octanol–water partition coefficient (Wildman–Crippen LogP) is 3.83. The zero-order valence-electron chi connectivity index (χ0n) is 12.0. The SMILES string of the molecule is C[C@H](NCCC(=O)OC(C)(C)C)c1ccccc1Br. The van der Waals surface area contributed by atoms with Crippen LogP contribution in [0.2, 0.25) is 0 Å². The van der Waals surface area contributed by atoms with Gasteiger partial charge in [0.1, 0.15) is 5.60 Å². The molecule has 0 amide bonds. The summed E-state index contributed by atoms with van der Waals surface area (Å²) in [4.78, 5) is 11.6. The van der Waals surface area contributed by atoms with Crippen LogP contribution in [0, 0.1) is 0 Å². The highest BCUT2D eigenvalue weighted by molar-refractivity contribution is 9.10. The molecule has 0 aliphatic heterocycles. The number of ether oxygens (including phenoxy) is 1. The molecule has 0 saturated heterocycles. The Labute approximate surface area is 123 Å². The fourth-order valence-corrected chi connectivity index (χ4v) is 2.35. The van der Waals surface area contributed by atoms with Gasteiger partial charge < -0.3 is 10.1 Å². The van der Waals surface area contributed by atoms with Crippen molar-refractivity contribution in [2.24, 2.45) is 0 Å². The molecule has 1 N–H and O–H groups in total. The Balaban J connectivity index is 2.38. The molecule has 0 heterocycles. The van der Waals surface area contributed by atoms with Gasteiger partial charge in [0, 0.05) is 17.1 Å². The summed E-state index contributed by atoms with van der Waals surface area (Å²) < 4.78 is 6.34. The zero-order chi connectivity index (χ0) is 14.5. The van der Waals surface area contributed by atoms with E-state index in [9.17, 15) is 4.79 Å². The number of rotatable bonds is 5. The largest absolute Gasteiger partial charge is 0.460 e. The van der Waals surface area contributed by atoms with Crippen LogP contribution in [0.3, 0.4) is 0 Å². The Kier molecular flexibility index (Phi) is 6.01. The van der Waals surface area contributed by atoms with Gasteiger partial charge in [-0.15, -0.1) is 0 Å². The standard InChI is InChI=1S/C15H22BrNO2/c1-11(12-7-5-6-8-13(12)16)17-10-9-14(18)19-15(2,3)4/h5-8,11,17H,9-10H2,1-4H3/t11-/m0/s1. The number of hydrogen-bond acceptors (Lipinski definition) is 3. The number of hydrogen-bond donors (Lipinski definition) is 1. The normalized spacial score (nSPS) is 13.1. The van der Waals surface area contributed by atoms with Gasteiger partial charge in [-0.25, -0.2) is 0 Å². The van der Waals surface area contributed by atoms with E-state index in [2.05, 4.69) is 34.2 Å². The smallest absolute Gasteiger partial charge is 0.307 e. The van der Waals surface area contributed by atoms with Gasteiger partial charge in [0.15, 0.2) is 0 Å². The number of benzene rings is 1. The lowest BCUT2D eigenvalue weighted by molar-refractivity contribution is -0.154. The Morgan fingerprint density at radius 3 is 2.58 bits per heavy atom. The number of nitrogens with one attached hydrogen (secondary N) is 1.